The van der Waals surface area contributed by atoms with E-state index < -0.39 is 0 Å². The molecule has 2 heteroatoms. The fourth-order valence-electron chi connectivity index (χ4n) is 2.03. The molecule has 1 unspecified atom stereocenters. The predicted octanol–water partition coefficient (Wildman–Crippen LogP) is 3.51. The zero-order chi connectivity index (χ0) is 13.0. The Morgan fingerprint density at radius 1 is 1.28 bits per heavy atom. The highest BCUT2D eigenvalue weighted by Crippen LogP contribution is 2.28. The van der Waals surface area contributed by atoms with E-state index in [1.165, 1.54) is 16.3 Å². The molecule has 0 amide bonds. The minimum absolute atomic E-state index is 0.0155. The standard InChI is InChI=1S/C16H19NO/c1-4-12(2)18-16-10-9-13-7-5-6-8-14(13)15(16)11-17-3/h4-10,12,17H,1,11H2,2-3H3. The van der Waals surface area contributed by atoms with Crippen molar-refractivity contribution in [2.24, 2.45) is 0 Å². The fourth-order valence-corrected chi connectivity index (χ4v) is 2.03. The number of hydrogen-bond donors (Lipinski definition) is 1. The van der Waals surface area contributed by atoms with Crippen molar-refractivity contribution >= 4 is 10.8 Å². The second kappa shape index (κ2) is 5.69. The van der Waals surface area contributed by atoms with Crippen LogP contribution in [-0.4, -0.2) is 13.2 Å². The Labute approximate surface area is 108 Å². The van der Waals surface area contributed by atoms with Crippen molar-refractivity contribution in [3.63, 3.8) is 0 Å². The predicted molar refractivity (Wildman–Crippen MR) is 77.0 cm³/mol. The monoisotopic (exact) mass is 241 g/mol. The van der Waals surface area contributed by atoms with Crippen molar-refractivity contribution in [2.75, 3.05) is 7.05 Å². The average molecular weight is 241 g/mol. The lowest BCUT2D eigenvalue weighted by Crippen LogP contribution is -2.12. The molecule has 0 spiro atoms. The first kappa shape index (κ1) is 12.7. The van der Waals surface area contributed by atoms with Crippen LogP contribution in [0.15, 0.2) is 49.1 Å². The van der Waals surface area contributed by atoms with E-state index in [4.69, 9.17) is 4.74 Å². The molecule has 94 valence electrons. The molecular formula is C16H19NO. The van der Waals surface area contributed by atoms with Crippen LogP contribution in [0.5, 0.6) is 5.75 Å². The largest absolute Gasteiger partial charge is 0.486 e. The highest BCUT2D eigenvalue weighted by molar-refractivity contribution is 5.87. The van der Waals surface area contributed by atoms with Crippen LogP contribution < -0.4 is 10.1 Å². The van der Waals surface area contributed by atoms with Gasteiger partial charge in [0.05, 0.1) is 0 Å². The molecule has 2 rings (SSSR count). The van der Waals surface area contributed by atoms with E-state index in [0.29, 0.717) is 0 Å². The summed E-state index contributed by atoms with van der Waals surface area (Å²) in [6, 6.07) is 12.5. The van der Waals surface area contributed by atoms with Crippen molar-refractivity contribution < 1.29 is 4.74 Å². The summed E-state index contributed by atoms with van der Waals surface area (Å²) in [5.41, 5.74) is 1.20. The van der Waals surface area contributed by atoms with Gasteiger partial charge < -0.3 is 10.1 Å². The molecule has 0 saturated heterocycles. The molecule has 1 atom stereocenters. The van der Waals surface area contributed by atoms with Crippen LogP contribution >= 0.6 is 0 Å². The van der Waals surface area contributed by atoms with Gasteiger partial charge >= 0.3 is 0 Å². The summed E-state index contributed by atoms with van der Waals surface area (Å²) in [5.74, 6) is 0.926. The lowest BCUT2D eigenvalue weighted by molar-refractivity contribution is 0.267. The molecule has 0 fully saturated rings. The van der Waals surface area contributed by atoms with Gasteiger partial charge in [0.1, 0.15) is 11.9 Å². The van der Waals surface area contributed by atoms with Gasteiger partial charge in [-0.3, -0.25) is 0 Å². The van der Waals surface area contributed by atoms with Crippen LogP contribution in [-0.2, 0) is 6.54 Å². The quantitative estimate of drug-likeness (QED) is 0.809. The molecule has 1 N–H and O–H groups in total. The molecule has 2 aromatic carbocycles. The molecule has 0 radical (unpaired) electrons. The number of fused-ring (bicyclic) bond motifs is 1. The SMILES string of the molecule is C=CC(C)Oc1ccc2ccccc2c1CNC. The number of ether oxygens (including phenoxy) is 1. The third-order valence-electron chi connectivity index (χ3n) is 3.00. The maximum atomic E-state index is 5.90. The topological polar surface area (TPSA) is 21.3 Å². The smallest absolute Gasteiger partial charge is 0.125 e. The van der Waals surface area contributed by atoms with Crippen molar-refractivity contribution in [1.82, 2.24) is 5.32 Å². The number of benzene rings is 2. The molecule has 0 aromatic heterocycles. The van der Waals surface area contributed by atoms with Gasteiger partial charge in [0.25, 0.3) is 0 Å². The van der Waals surface area contributed by atoms with Gasteiger partial charge in [0.2, 0.25) is 0 Å². The Balaban J connectivity index is 2.51. The van der Waals surface area contributed by atoms with Gasteiger partial charge in [-0.1, -0.05) is 43.0 Å². The Morgan fingerprint density at radius 3 is 2.78 bits per heavy atom. The van der Waals surface area contributed by atoms with Gasteiger partial charge in [-0.25, -0.2) is 0 Å². The lowest BCUT2D eigenvalue weighted by atomic mass is 10.0. The maximum absolute atomic E-state index is 5.90. The molecule has 2 aromatic rings. The fraction of sp³-hybridized carbons (Fsp3) is 0.250. The first-order chi connectivity index (χ1) is 8.76. The summed E-state index contributed by atoms with van der Waals surface area (Å²) in [7, 11) is 1.95. The maximum Gasteiger partial charge on any atom is 0.125 e. The van der Waals surface area contributed by atoms with Crippen molar-refractivity contribution in [3.8, 4) is 5.75 Å². The summed E-state index contributed by atoms with van der Waals surface area (Å²) in [6.45, 7) is 6.54. The summed E-state index contributed by atoms with van der Waals surface area (Å²) in [4.78, 5) is 0. The Kier molecular flexibility index (Phi) is 4.00. The third-order valence-corrected chi connectivity index (χ3v) is 3.00. The third kappa shape index (κ3) is 2.54. The van der Waals surface area contributed by atoms with E-state index >= 15 is 0 Å². The molecule has 0 saturated carbocycles. The summed E-state index contributed by atoms with van der Waals surface area (Å²) in [5, 5.41) is 5.68. The van der Waals surface area contributed by atoms with Crippen LogP contribution in [0.25, 0.3) is 10.8 Å². The number of rotatable bonds is 5. The van der Waals surface area contributed by atoms with Gasteiger partial charge in [0.15, 0.2) is 0 Å². The number of hydrogen-bond acceptors (Lipinski definition) is 2. The zero-order valence-corrected chi connectivity index (χ0v) is 10.9. The molecule has 0 heterocycles. The van der Waals surface area contributed by atoms with Gasteiger partial charge in [-0.05, 0) is 30.8 Å². The van der Waals surface area contributed by atoms with Gasteiger partial charge in [-0.15, -0.1) is 0 Å². The lowest BCUT2D eigenvalue weighted by Gasteiger charge is -2.16. The summed E-state index contributed by atoms with van der Waals surface area (Å²) in [6.07, 6.45) is 1.82. The van der Waals surface area contributed by atoms with Gasteiger partial charge in [0, 0.05) is 12.1 Å². The molecule has 0 aliphatic heterocycles. The Bertz CT molecular complexity index is 548. The van der Waals surface area contributed by atoms with E-state index in [2.05, 4.69) is 42.2 Å². The molecule has 0 aliphatic carbocycles. The molecule has 2 nitrogen and oxygen atoms in total. The minimum Gasteiger partial charge on any atom is -0.486 e. The van der Waals surface area contributed by atoms with E-state index in [0.717, 1.165) is 12.3 Å². The normalized spacial score (nSPS) is 12.3. The highest BCUT2D eigenvalue weighted by atomic mass is 16.5. The van der Waals surface area contributed by atoms with E-state index in [-0.39, 0.29) is 6.10 Å². The highest BCUT2D eigenvalue weighted by Gasteiger charge is 2.09. The molecule has 0 aliphatic rings. The first-order valence-corrected chi connectivity index (χ1v) is 6.20. The summed E-state index contributed by atoms with van der Waals surface area (Å²) >= 11 is 0. The van der Waals surface area contributed by atoms with Crippen LogP contribution in [0.2, 0.25) is 0 Å². The van der Waals surface area contributed by atoms with Crippen LogP contribution in [0.1, 0.15) is 12.5 Å². The van der Waals surface area contributed by atoms with E-state index in [9.17, 15) is 0 Å². The zero-order valence-electron chi connectivity index (χ0n) is 10.9. The second-order valence-electron chi connectivity index (χ2n) is 4.35. The van der Waals surface area contributed by atoms with Crippen LogP contribution in [0, 0.1) is 0 Å². The Hall–Kier alpha value is -1.80. The summed E-state index contributed by atoms with van der Waals surface area (Å²) < 4.78 is 5.90. The second-order valence-corrected chi connectivity index (χ2v) is 4.35. The average Bonchev–Trinajstić information content (AvgIpc) is 2.41. The van der Waals surface area contributed by atoms with Crippen molar-refractivity contribution in [2.45, 2.75) is 19.6 Å². The van der Waals surface area contributed by atoms with Crippen molar-refractivity contribution in [3.05, 3.63) is 54.6 Å². The Morgan fingerprint density at radius 2 is 2.06 bits per heavy atom. The van der Waals surface area contributed by atoms with E-state index in [1.54, 1.807) is 6.08 Å². The first-order valence-electron chi connectivity index (χ1n) is 6.20. The van der Waals surface area contributed by atoms with Crippen molar-refractivity contribution in [1.29, 1.82) is 0 Å². The van der Waals surface area contributed by atoms with E-state index in [1.807, 2.05) is 20.0 Å². The van der Waals surface area contributed by atoms with Crippen LogP contribution in [0.3, 0.4) is 0 Å². The van der Waals surface area contributed by atoms with Gasteiger partial charge in [-0.2, -0.15) is 0 Å². The minimum atomic E-state index is 0.0155. The molecular weight excluding hydrogens is 222 g/mol. The van der Waals surface area contributed by atoms with Crippen LogP contribution in [0.4, 0.5) is 0 Å². The number of nitrogens with one attached hydrogen (secondary N) is 1. The molecule has 0 bridgehead atoms. The molecule has 18 heavy (non-hydrogen) atoms.